The SMILES string of the molecule is Cc1nc(CNc2nc(-c3ccncc3)nc(C)c2C)sc1C. The molecule has 0 spiro atoms. The zero-order chi connectivity index (χ0) is 16.4. The predicted octanol–water partition coefficient (Wildman–Crippen LogP) is 3.84. The second-order valence-electron chi connectivity index (χ2n) is 5.44. The minimum atomic E-state index is 0.673. The van der Waals surface area contributed by atoms with Crippen LogP contribution in [0.25, 0.3) is 11.4 Å². The molecule has 3 rings (SSSR count). The zero-order valence-electron chi connectivity index (χ0n) is 13.7. The Morgan fingerprint density at radius 1 is 0.957 bits per heavy atom. The van der Waals surface area contributed by atoms with E-state index in [9.17, 15) is 0 Å². The molecular weight excluding hydrogens is 306 g/mol. The average Bonchev–Trinajstić information content (AvgIpc) is 2.88. The number of hydrogen-bond donors (Lipinski definition) is 1. The number of nitrogens with zero attached hydrogens (tertiary/aromatic N) is 4. The summed E-state index contributed by atoms with van der Waals surface area (Å²) in [5.41, 5.74) is 4.10. The van der Waals surface area contributed by atoms with Gasteiger partial charge in [0.05, 0.1) is 12.2 Å². The van der Waals surface area contributed by atoms with Gasteiger partial charge in [-0.25, -0.2) is 15.0 Å². The fraction of sp³-hybridized carbons (Fsp3) is 0.294. The molecule has 23 heavy (non-hydrogen) atoms. The first-order valence-electron chi connectivity index (χ1n) is 7.47. The topological polar surface area (TPSA) is 63.6 Å². The maximum absolute atomic E-state index is 4.67. The van der Waals surface area contributed by atoms with E-state index in [1.165, 1.54) is 4.88 Å². The second-order valence-corrected chi connectivity index (χ2v) is 6.73. The first kappa shape index (κ1) is 15.6. The Morgan fingerprint density at radius 3 is 2.35 bits per heavy atom. The molecule has 0 atom stereocenters. The van der Waals surface area contributed by atoms with Crippen LogP contribution in [0, 0.1) is 27.7 Å². The first-order valence-corrected chi connectivity index (χ1v) is 8.28. The molecule has 0 amide bonds. The van der Waals surface area contributed by atoms with Crippen molar-refractivity contribution in [2.45, 2.75) is 34.2 Å². The smallest absolute Gasteiger partial charge is 0.161 e. The molecule has 0 aliphatic rings. The van der Waals surface area contributed by atoms with Gasteiger partial charge in [-0.2, -0.15) is 0 Å². The van der Waals surface area contributed by atoms with E-state index in [0.29, 0.717) is 12.4 Å². The van der Waals surface area contributed by atoms with Crippen LogP contribution in [-0.2, 0) is 6.54 Å². The Kier molecular flexibility index (Phi) is 4.34. The molecular formula is C17H19N5S. The van der Waals surface area contributed by atoms with E-state index in [4.69, 9.17) is 0 Å². The van der Waals surface area contributed by atoms with E-state index in [1.807, 2.05) is 32.9 Å². The number of aryl methyl sites for hydroxylation is 3. The number of pyridine rings is 1. The van der Waals surface area contributed by atoms with Crippen molar-refractivity contribution in [1.29, 1.82) is 0 Å². The van der Waals surface area contributed by atoms with Crippen molar-refractivity contribution < 1.29 is 0 Å². The highest BCUT2D eigenvalue weighted by atomic mass is 32.1. The monoisotopic (exact) mass is 325 g/mol. The summed E-state index contributed by atoms with van der Waals surface area (Å²) in [6.45, 7) is 8.85. The standard InChI is InChI=1S/C17H19N5S/c1-10-11(2)21-17(14-5-7-18-8-6-14)22-16(10)19-9-15-20-12(3)13(4)23-15/h5-8H,9H2,1-4H3,(H,19,21,22). The first-order chi connectivity index (χ1) is 11.0. The van der Waals surface area contributed by atoms with Crippen molar-refractivity contribution in [3.05, 3.63) is 51.4 Å². The highest BCUT2D eigenvalue weighted by molar-refractivity contribution is 7.11. The molecule has 0 unspecified atom stereocenters. The molecule has 0 saturated carbocycles. The Balaban J connectivity index is 1.88. The summed E-state index contributed by atoms with van der Waals surface area (Å²) in [5.74, 6) is 1.57. The lowest BCUT2D eigenvalue weighted by atomic mass is 10.2. The van der Waals surface area contributed by atoms with Crippen LogP contribution >= 0.6 is 11.3 Å². The van der Waals surface area contributed by atoms with Gasteiger partial charge >= 0.3 is 0 Å². The maximum Gasteiger partial charge on any atom is 0.161 e. The Morgan fingerprint density at radius 2 is 1.70 bits per heavy atom. The van der Waals surface area contributed by atoms with Gasteiger partial charge in [0.2, 0.25) is 0 Å². The lowest BCUT2D eigenvalue weighted by Crippen LogP contribution is -2.07. The van der Waals surface area contributed by atoms with Gasteiger partial charge in [0.1, 0.15) is 10.8 Å². The lowest BCUT2D eigenvalue weighted by molar-refractivity contribution is 1.01. The minimum Gasteiger partial charge on any atom is -0.363 e. The van der Waals surface area contributed by atoms with Gasteiger partial charge in [-0.05, 0) is 39.8 Å². The van der Waals surface area contributed by atoms with E-state index < -0.39 is 0 Å². The van der Waals surface area contributed by atoms with Crippen LogP contribution in [0.2, 0.25) is 0 Å². The van der Waals surface area contributed by atoms with E-state index in [-0.39, 0.29) is 0 Å². The van der Waals surface area contributed by atoms with Gasteiger partial charge in [-0.1, -0.05) is 0 Å². The molecule has 3 aromatic heterocycles. The Labute approximate surface area is 139 Å². The van der Waals surface area contributed by atoms with Crippen LogP contribution in [0.1, 0.15) is 26.8 Å². The van der Waals surface area contributed by atoms with Gasteiger partial charge in [0, 0.05) is 34.1 Å². The maximum atomic E-state index is 4.67. The van der Waals surface area contributed by atoms with Gasteiger partial charge < -0.3 is 5.32 Å². The van der Waals surface area contributed by atoms with E-state index in [0.717, 1.165) is 33.3 Å². The summed E-state index contributed by atoms with van der Waals surface area (Å²) in [6, 6.07) is 3.84. The lowest BCUT2D eigenvalue weighted by Gasteiger charge is -2.11. The number of rotatable bonds is 4. The quantitative estimate of drug-likeness (QED) is 0.789. The molecule has 6 heteroatoms. The summed E-state index contributed by atoms with van der Waals surface area (Å²) in [6.07, 6.45) is 3.50. The molecule has 0 aliphatic carbocycles. The molecule has 1 N–H and O–H groups in total. The van der Waals surface area contributed by atoms with Crippen LogP contribution in [0.4, 0.5) is 5.82 Å². The van der Waals surface area contributed by atoms with E-state index in [2.05, 4.69) is 32.2 Å². The van der Waals surface area contributed by atoms with Crippen molar-refractivity contribution in [3.63, 3.8) is 0 Å². The molecule has 0 saturated heterocycles. The third-order valence-electron chi connectivity index (χ3n) is 3.81. The normalized spacial score (nSPS) is 10.8. The zero-order valence-corrected chi connectivity index (χ0v) is 14.5. The molecule has 3 aromatic rings. The molecule has 0 fully saturated rings. The van der Waals surface area contributed by atoms with Gasteiger partial charge in [0.25, 0.3) is 0 Å². The summed E-state index contributed by atoms with van der Waals surface area (Å²) in [5, 5.41) is 4.47. The van der Waals surface area contributed by atoms with Crippen LogP contribution in [0.15, 0.2) is 24.5 Å². The largest absolute Gasteiger partial charge is 0.363 e. The van der Waals surface area contributed by atoms with Crippen molar-refractivity contribution in [2.24, 2.45) is 0 Å². The van der Waals surface area contributed by atoms with Crippen LogP contribution in [0.5, 0.6) is 0 Å². The second kappa shape index (κ2) is 6.42. The Bertz CT molecular complexity index is 807. The van der Waals surface area contributed by atoms with Crippen molar-refractivity contribution >= 4 is 17.2 Å². The molecule has 5 nitrogen and oxygen atoms in total. The molecule has 3 heterocycles. The number of hydrogen-bond acceptors (Lipinski definition) is 6. The van der Waals surface area contributed by atoms with Gasteiger partial charge in [-0.15, -0.1) is 11.3 Å². The molecule has 0 aliphatic heterocycles. The third-order valence-corrected chi connectivity index (χ3v) is 4.88. The van der Waals surface area contributed by atoms with Crippen molar-refractivity contribution in [2.75, 3.05) is 5.32 Å². The number of nitrogens with one attached hydrogen (secondary N) is 1. The van der Waals surface area contributed by atoms with E-state index in [1.54, 1.807) is 23.7 Å². The number of thiazole rings is 1. The van der Waals surface area contributed by atoms with Crippen LogP contribution in [0.3, 0.4) is 0 Å². The van der Waals surface area contributed by atoms with Crippen LogP contribution in [-0.4, -0.2) is 19.9 Å². The summed E-state index contributed by atoms with van der Waals surface area (Å²) >= 11 is 1.72. The minimum absolute atomic E-state index is 0.673. The average molecular weight is 325 g/mol. The summed E-state index contributed by atoms with van der Waals surface area (Å²) < 4.78 is 0. The predicted molar refractivity (Wildman–Crippen MR) is 93.7 cm³/mol. The fourth-order valence-corrected chi connectivity index (χ4v) is 3.08. The summed E-state index contributed by atoms with van der Waals surface area (Å²) in [4.78, 5) is 19.1. The molecule has 0 aromatic carbocycles. The molecule has 118 valence electrons. The van der Waals surface area contributed by atoms with Gasteiger partial charge in [-0.3, -0.25) is 4.98 Å². The fourth-order valence-electron chi connectivity index (χ4n) is 2.21. The highest BCUT2D eigenvalue weighted by Gasteiger charge is 2.11. The third kappa shape index (κ3) is 3.37. The van der Waals surface area contributed by atoms with Gasteiger partial charge in [0.15, 0.2) is 5.82 Å². The Hall–Kier alpha value is -2.34. The molecule has 0 radical (unpaired) electrons. The molecule has 0 bridgehead atoms. The highest BCUT2D eigenvalue weighted by Crippen LogP contribution is 2.23. The van der Waals surface area contributed by atoms with Crippen molar-refractivity contribution in [1.82, 2.24) is 19.9 Å². The van der Waals surface area contributed by atoms with Crippen LogP contribution < -0.4 is 5.32 Å². The number of anilines is 1. The van der Waals surface area contributed by atoms with Crippen molar-refractivity contribution in [3.8, 4) is 11.4 Å². The summed E-state index contributed by atoms with van der Waals surface area (Å²) in [7, 11) is 0. The van der Waals surface area contributed by atoms with E-state index >= 15 is 0 Å². The number of aromatic nitrogens is 4.